The first kappa shape index (κ1) is 18.1. The van der Waals surface area contributed by atoms with Crippen LogP contribution in [-0.4, -0.2) is 62.6 Å². The second-order valence-corrected chi connectivity index (χ2v) is 5.10. The molecule has 1 aliphatic heterocycles. The molecule has 11 nitrogen and oxygen atoms in total. The third-order valence-corrected chi connectivity index (χ3v) is 3.55. The van der Waals surface area contributed by atoms with Gasteiger partial charge >= 0.3 is 5.69 Å². The van der Waals surface area contributed by atoms with Crippen LogP contribution in [-0.2, 0) is 4.74 Å². The largest absolute Gasteiger partial charge is 0.396 e. The number of hydrogen-bond acceptors (Lipinski definition) is 8. The molecule has 1 aromatic heterocycles. The lowest BCUT2D eigenvalue weighted by atomic mass is 10.1. The van der Waals surface area contributed by atoms with Crippen LogP contribution in [0.4, 0.5) is 10.2 Å². The topological polar surface area (TPSA) is 166 Å². The zero-order chi connectivity index (χ0) is 17.7. The van der Waals surface area contributed by atoms with Gasteiger partial charge < -0.3 is 25.4 Å². The Kier molecular flexibility index (Phi) is 5.70. The summed E-state index contributed by atoms with van der Waals surface area (Å²) >= 11 is 0. The van der Waals surface area contributed by atoms with E-state index < -0.39 is 36.5 Å². The Hall–Kier alpha value is -2.24. The molecule has 0 radical (unpaired) electrons. The summed E-state index contributed by atoms with van der Waals surface area (Å²) in [7, 11) is 0. The molecule has 0 amide bonds. The number of anilines is 1. The van der Waals surface area contributed by atoms with Crippen LogP contribution in [0.1, 0.15) is 12.6 Å². The number of aliphatic hydroxyl groups is 3. The number of rotatable bonds is 7. The van der Waals surface area contributed by atoms with Crippen LogP contribution >= 0.6 is 0 Å². The van der Waals surface area contributed by atoms with Crippen molar-refractivity contribution in [3.8, 4) is 0 Å². The molecule has 2 rings (SSSR count). The first-order chi connectivity index (χ1) is 11.5. The van der Waals surface area contributed by atoms with Gasteiger partial charge in [0.15, 0.2) is 12.4 Å². The molecule has 1 aliphatic rings. The van der Waals surface area contributed by atoms with Crippen molar-refractivity contribution in [3.63, 3.8) is 0 Å². The van der Waals surface area contributed by atoms with Crippen molar-refractivity contribution >= 4 is 5.82 Å². The molecule has 24 heavy (non-hydrogen) atoms. The Balaban J connectivity index is 2.25. The molecule has 132 valence electrons. The molecule has 2 heterocycles. The molecule has 0 aliphatic carbocycles. The van der Waals surface area contributed by atoms with E-state index in [9.17, 15) is 19.4 Å². The predicted octanol–water partition coefficient (Wildman–Crippen LogP) is -0.736. The van der Waals surface area contributed by atoms with Crippen LogP contribution in [0.5, 0.6) is 0 Å². The smallest absolute Gasteiger partial charge is 0.351 e. The average molecular weight is 344 g/mol. The van der Waals surface area contributed by atoms with E-state index in [1.807, 2.05) is 0 Å². The van der Waals surface area contributed by atoms with Crippen molar-refractivity contribution < 1.29 is 24.4 Å². The predicted molar refractivity (Wildman–Crippen MR) is 78.7 cm³/mol. The molecule has 4 N–H and O–H groups in total. The lowest BCUT2D eigenvalue weighted by Gasteiger charge is -2.23. The Labute approximate surface area is 135 Å². The number of aromatic nitrogens is 2. The second kappa shape index (κ2) is 7.55. The van der Waals surface area contributed by atoms with Crippen molar-refractivity contribution in [3.05, 3.63) is 33.2 Å². The summed E-state index contributed by atoms with van der Waals surface area (Å²) in [5, 5.41) is 33.8. The molecule has 0 bridgehead atoms. The lowest BCUT2D eigenvalue weighted by Crippen LogP contribution is -2.43. The minimum atomic E-state index is -2.21. The van der Waals surface area contributed by atoms with Gasteiger partial charge in [0.1, 0.15) is 11.9 Å². The fourth-order valence-electron chi connectivity index (χ4n) is 2.28. The first-order valence-corrected chi connectivity index (χ1v) is 7.10. The summed E-state index contributed by atoms with van der Waals surface area (Å²) in [6.45, 7) is -0.593. The van der Waals surface area contributed by atoms with Gasteiger partial charge in [0.2, 0.25) is 5.72 Å². The highest BCUT2D eigenvalue weighted by Gasteiger charge is 2.56. The van der Waals surface area contributed by atoms with Crippen molar-refractivity contribution in [1.82, 2.24) is 9.55 Å². The summed E-state index contributed by atoms with van der Waals surface area (Å²) in [4.78, 5) is 18.2. The second-order valence-electron chi connectivity index (χ2n) is 5.10. The van der Waals surface area contributed by atoms with Gasteiger partial charge in [-0.15, -0.1) is 0 Å². The molecule has 0 aromatic carbocycles. The van der Waals surface area contributed by atoms with Gasteiger partial charge in [-0.1, -0.05) is 5.11 Å². The van der Waals surface area contributed by atoms with Gasteiger partial charge in [-0.2, -0.15) is 4.98 Å². The average Bonchev–Trinajstić information content (AvgIpc) is 2.81. The van der Waals surface area contributed by atoms with Crippen molar-refractivity contribution in [1.29, 1.82) is 0 Å². The molecular formula is C12H17FN6O5. The van der Waals surface area contributed by atoms with Crippen LogP contribution < -0.4 is 11.0 Å². The summed E-state index contributed by atoms with van der Waals surface area (Å²) in [5.41, 5.74) is 5.43. The Bertz CT molecular complexity index is 680. The minimum absolute atomic E-state index is 0.0238. The van der Waals surface area contributed by atoms with Gasteiger partial charge in [-0.3, -0.25) is 4.57 Å². The van der Waals surface area contributed by atoms with Gasteiger partial charge in [0, 0.05) is 24.3 Å². The minimum Gasteiger partial charge on any atom is -0.396 e. The SMILES string of the molecule is [N-]=[N+]=N[C@]1(CO)O[C@@H](n2ccc(NCCCO)nc2=O)[C@@H](F)C1O. The molecular weight excluding hydrogens is 327 g/mol. The van der Waals surface area contributed by atoms with Crippen molar-refractivity contribution in [2.24, 2.45) is 5.11 Å². The third kappa shape index (κ3) is 3.32. The van der Waals surface area contributed by atoms with Crippen molar-refractivity contribution in [2.75, 3.05) is 25.1 Å². The highest BCUT2D eigenvalue weighted by molar-refractivity contribution is 5.31. The monoisotopic (exact) mass is 344 g/mol. The Morgan fingerprint density at radius 3 is 2.92 bits per heavy atom. The summed E-state index contributed by atoms with van der Waals surface area (Å²) in [5.74, 6) is 0.224. The molecule has 0 spiro atoms. The van der Waals surface area contributed by atoms with E-state index in [0.29, 0.717) is 13.0 Å². The van der Waals surface area contributed by atoms with E-state index in [0.717, 1.165) is 4.57 Å². The first-order valence-electron chi connectivity index (χ1n) is 7.10. The maximum Gasteiger partial charge on any atom is 0.351 e. The van der Waals surface area contributed by atoms with Gasteiger partial charge in [0.25, 0.3) is 0 Å². The van der Waals surface area contributed by atoms with Crippen molar-refractivity contribution in [2.45, 2.75) is 30.6 Å². The number of aliphatic hydroxyl groups excluding tert-OH is 3. The normalized spacial score (nSPS) is 29.2. The number of nitrogens with one attached hydrogen (secondary N) is 1. The summed E-state index contributed by atoms with van der Waals surface area (Å²) < 4.78 is 20.2. The third-order valence-electron chi connectivity index (χ3n) is 3.55. The number of halogens is 1. The number of nitrogens with zero attached hydrogens (tertiary/aromatic N) is 5. The molecule has 1 fully saturated rings. The van der Waals surface area contributed by atoms with E-state index in [-0.39, 0.29) is 12.4 Å². The number of ether oxygens (including phenoxy) is 1. The molecule has 12 heteroatoms. The summed E-state index contributed by atoms with van der Waals surface area (Å²) in [6, 6.07) is 1.38. The highest BCUT2D eigenvalue weighted by atomic mass is 19.1. The molecule has 1 aromatic rings. The van der Waals surface area contributed by atoms with E-state index >= 15 is 0 Å². The number of azide groups is 1. The highest BCUT2D eigenvalue weighted by Crippen LogP contribution is 2.39. The van der Waals surface area contributed by atoms with Crippen LogP contribution in [0.15, 0.2) is 22.2 Å². The summed E-state index contributed by atoms with van der Waals surface area (Å²) in [6.07, 6.45) is -4.01. The van der Waals surface area contributed by atoms with Gasteiger partial charge in [0.05, 0.1) is 6.61 Å². The van der Waals surface area contributed by atoms with Gasteiger partial charge in [-0.25, -0.2) is 9.18 Å². The molecule has 4 atom stereocenters. The van der Waals surface area contributed by atoms with E-state index in [2.05, 4.69) is 20.3 Å². The fraction of sp³-hybridized carbons (Fsp3) is 0.667. The quantitative estimate of drug-likeness (QED) is 0.219. The van der Waals surface area contributed by atoms with Crippen LogP contribution in [0.2, 0.25) is 0 Å². The number of hydrogen-bond donors (Lipinski definition) is 4. The Morgan fingerprint density at radius 1 is 1.58 bits per heavy atom. The van der Waals surface area contributed by atoms with Crippen LogP contribution in [0.3, 0.4) is 0 Å². The maximum absolute atomic E-state index is 14.3. The zero-order valence-electron chi connectivity index (χ0n) is 12.5. The van der Waals surface area contributed by atoms with E-state index in [4.69, 9.17) is 15.4 Å². The molecule has 1 unspecified atom stereocenters. The maximum atomic E-state index is 14.3. The lowest BCUT2D eigenvalue weighted by molar-refractivity contribution is -0.124. The fourth-order valence-corrected chi connectivity index (χ4v) is 2.28. The van der Waals surface area contributed by atoms with Gasteiger partial charge in [-0.05, 0) is 18.0 Å². The van der Waals surface area contributed by atoms with Crippen LogP contribution in [0.25, 0.3) is 10.4 Å². The number of alkyl halides is 1. The van der Waals surface area contributed by atoms with Crippen LogP contribution in [0, 0.1) is 0 Å². The zero-order valence-corrected chi connectivity index (χ0v) is 12.5. The molecule has 0 saturated carbocycles. The van der Waals surface area contributed by atoms with E-state index in [1.165, 1.54) is 12.3 Å². The van der Waals surface area contributed by atoms with E-state index in [1.54, 1.807) is 0 Å². The molecule has 1 saturated heterocycles. The Morgan fingerprint density at radius 2 is 2.33 bits per heavy atom. The standard InChI is InChI=1S/C12H17FN6O5/c13-8-9(22)12(6-21,17-18-14)24-10(8)19-4-2-7(16-11(19)23)15-3-1-5-20/h2,4,8-10,20-22H,1,3,5-6H2,(H,15,16,23)/t8-,9?,10+,12+/m0/s1.